The molecular formula is C40H58N6OS. The SMILES string of the molecule is CC1SC(=NC2CC3C=CC2C3)NC1=O.c1ccc([C@H](CN2CCCCC2)NCCCN[C@@H](CN2CCCCC2)c2ccccc2)cc1. The molecule has 2 bridgehead atoms. The molecule has 1 saturated carbocycles. The van der Waals surface area contributed by atoms with Crippen molar-refractivity contribution >= 4 is 22.8 Å². The molecule has 7 nitrogen and oxygen atoms in total. The highest BCUT2D eigenvalue weighted by molar-refractivity contribution is 8.15. The normalized spacial score (nSPS) is 27.9. The fourth-order valence-corrected chi connectivity index (χ4v) is 8.82. The summed E-state index contributed by atoms with van der Waals surface area (Å²) in [6.45, 7) is 11.3. The molecule has 6 atom stereocenters. The molecule has 3 aliphatic heterocycles. The summed E-state index contributed by atoms with van der Waals surface area (Å²) in [4.78, 5) is 21.2. The first-order chi connectivity index (χ1) is 23.6. The van der Waals surface area contributed by atoms with Gasteiger partial charge in [0.05, 0.1) is 11.3 Å². The summed E-state index contributed by atoms with van der Waals surface area (Å²) in [5.41, 5.74) is 2.84. The maximum absolute atomic E-state index is 11.3. The number of hydrogen-bond acceptors (Lipinski definition) is 7. The molecule has 48 heavy (non-hydrogen) atoms. The minimum Gasteiger partial charge on any atom is -0.309 e. The summed E-state index contributed by atoms with van der Waals surface area (Å²) in [7, 11) is 0. The van der Waals surface area contributed by atoms with E-state index >= 15 is 0 Å². The molecule has 0 radical (unpaired) electrons. The van der Waals surface area contributed by atoms with Crippen LogP contribution in [0.2, 0.25) is 0 Å². The van der Waals surface area contributed by atoms with E-state index in [9.17, 15) is 4.79 Å². The van der Waals surface area contributed by atoms with Gasteiger partial charge in [-0.1, -0.05) is 97.4 Å². The number of benzene rings is 2. The second-order valence-electron chi connectivity index (χ2n) is 14.4. The Morgan fingerprint density at radius 2 is 1.31 bits per heavy atom. The van der Waals surface area contributed by atoms with Crippen molar-refractivity contribution in [1.29, 1.82) is 0 Å². The van der Waals surface area contributed by atoms with E-state index in [-0.39, 0.29) is 11.2 Å². The number of piperidine rings is 2. The Bertz CT molecular complexity index is 1240. The monoisotopic (exact) mass is 670 g/mol. The van der Waals surface area contributed by atoms with Gasteiger partial charge in [0, 0.05) is 25.2 Å². The van der Waals surface area contributed by atoms with Crippen LogP contribution in [-0.4, -0.2) is 84.5 Å². The van der Waals surface area contributed by atoms with E-state index in [4.69, 9.17) is 0 Å². The number of amidine groups is 1. The third-order valence-corrected chi connectivity index (χ3v) is 11.7. The van der Waals surface area contributed by atoms with Crippen LogP contribution >= 0.6 is 11.8 Å². The van der Waals surface area contributed by atoms with E-state index in [1.807, 2.05) is 6.92 Å². The highest BCUT2D eigenvalue weighted by Crippen LogP contribution is 2.41. The van der Waals surface area contributed by atoms with Crippen LogP contribution in [0.3, 0.4) is 0 Å². The zero-order valence-corrected chi connectivity index (χ0v) is 29.9. The maximum Gasteiger partial charge on any atom is 0.239 e. The average Bonchev–Trinajstić information content (AvgIpc) is 3.85. The number of hydrogen-bond donors (Lipinski definition) is 3. The van der Waals surface area contributed by atoms with Crippen molar-refractivity contribution in [2.24, 2.45) is 16.8 Å². The molecule has 2 aliphatic carbocycles. The zero-order valence-electron chi connectivity index (χ0n) is 29.1. The summed E-state index contributed by atoms with van der Waals surface area (Å²) >= 11 is 1.55. The standard InChI is InChI=1S/C29H44N4.C11H14N2OS/c1-5-14-26(15-6-1)28(24-32-20-9-3-10-21-32)30-18-13-19-31-29(27-16-7-2-8-17-27)25-33-22-11-4-12-23-33;1-6-10(14)13-11(15-6)12-9-5-7-2-3-8(9)4-7/h1-2,5-8,14-17,28-31H,3-4,9-13,18-25H2;2-3,6-9H,4-5H2,1H3,(H,12,13,14)/t28-,29-;/m0./s1. The van der Waals surface area contributed by atoms with Gasteiger partial charge < -0.3 is 25.8 Å². The van der Waals surface area contributed by atoms with Crippen LogP contribution in [0.4, 0.5) is 0 Å². The first-order valence-corrected chi connectivity index (χ1v) is 19.7. The van der Waals surface area contributed by atoms with Crippen LogP contribution in [0, 0.1) is 11.8 Å². The van der Waals surface area contributed by atoms with Gasteiger partial charge in [-0.05, 0) is 114 Å². The van der Waals surface area contributed by atoms with E-state index < -0.39 is 0 Å². The van der Waals surface area contributed by atoms with Gasteiger partial charge in [-0.15, -0.1) is 0 Å². The van der Waals surface area contributed by atoms with Crippen molar-refractivity contribution < 1.29 is 4.79 Å². The van der Waals surface area contributed by atoms with Crippen molar-refractivity contribution in [2.45, 2.75) is 88.1 Å². The third-order valence-electron chi connectivity index (χ3n) is 10.7. The van der Waals surface area contributed by atoms with Crippen molar-refractivity contribution in [3.05, 3.63) is 83.9 Å². The molecular weight excluding hydrogens is 613 g/mol. The quantitative estimate of drug-likeness (QED) is 0.166. The van der Waals surface area contributed by atoms with Gasteiger partial charge in [0.2, 0.25) is 5.91 Å². The number of rotatable bonds is 13. The van der Waals surface area contributed by atoms with Crippen molar-refractivity contribution in [2.75, 3.05) is 52.4 Å². The Labute approximate surface area is 293 Å². The molecule has 2 aromatic rings. The Morgan fingerprint density at radius 1 is 0.771 bits per heavy atom. The molecule has 4 unspecified atom stereocenters. The topological polar surface area (TPSA) is 72.0 Å². The van der Waals surface area contributed by atoms with Crippen LogP contribution in [0.15, 0.2) is 77.8 Å². The van der Waals surface area contributed by atoms with Gasteiger partial charge in [-0.2, -0.15) is 0 Å². The van der Waals surface area contributed by atoms with Gasteiger partial charge in [-0.25, -0.2) is 0 Å². The molecule has 260 valence electrons. The molecule has 8 heteroatoms. The van der Waals surface area contributed by atoms with Gasteiger partial charge in [0.1, 0.15) is 0 Å². The van der Waals surface area contributed by atoms with Gasteiger partial charge >= 0.3 is 0 Å². The lowest BCUT2D eigenvalue weighted by molar-refractivity contribution is -0.118. The maximum atomic E-state index is 11.3. The van der Waals surface area contributed by atoms with E-state index in [0.717, 1.165) is 50.1 Å². The molecule has 3 saturated heterocycles. The first-order valence-electron chi connectivity index (χ1n) is 18.9. The number of fused-ring (bicyclic) bond motifs is 2. The molecule has 3 heterocycles. The van der Waals surface area contributed by atoms with Crippen LogP contribution in [0.1, 0.15) is 87.9 Å². The summed E-state index contributed by atoms with van der Waals surface area (Å²) in [6.07, 6.45) is 16.4. The summed E-state index contributed by atoms with van der Waals surface area (Å²) in [5.74, 6) is 1.46. The Balaban J connectivity index is 0.000000221. The van der Waals surface area contributed by atoms with Crippen LogP contribution in [-0.2, 0) is 4.79 Å². The summed E-state index contributed by atoms with van der Waals surface area (Å²) in [6, 6.07) is 23.3. The first kappa shape index (κ1) is 35.3. The van der Waals surface area contributed by atoms with Crippen LogP contribution < -0.4 is 16.0 Å². The predicted octanol–water partition coefficient (Wildman–Crippen LogP) is 6.57. The third kappa shape index (κ3) is 10.5. The molecule has 5 aliphatic rings. The number of nitrogens with zero attached hydrogens (tertiary/aromatic N) is 3. The number of nitrogens with one attached hydrogen (secondary N) is 3. The molecule has 7 rings (SSSR count). The minimum absolute atomic E-state index is 0.0258. The highest BCUT2D eigenvalue weighted by atomic mass is 32.2. The zero-order chi connectivity index (χ0) is 33.0. The lowest BCUT2D eigenvalue weighted by Gasteiger charge is -2.32. The second kappa shape index (κ2) is 18.5. The minimum atomic E-state index is 0.0258. The van der Waals surface area contributed by atoms with Gasteiger partial charge in [0.25, 0.3) is 0 Å². The molecule has 3 N–H and O–H groups in total. The number of amides is 1. The smallest absolute Gasteiger partial charge is 0.239 e. The Hall–Kier alpha value is -2.49. The molecule has 4 fully saturated rings. The van der Waals surface area contributed by atoms with E-state index in [1.165, 1.54) is 82.3 Å². The van der Waals surface area contributed by atoms with Gasteiger partial charge in [0.15, 0.2) is 5.17 Å². The van der Waals surface area contributed by atoms with E-state index in [1.54, 1.807) is 11.8 Å². The largest absolute Gasteiger partial charge is 0.309 e. The number of thioether (sulfide) groups is 1. The molecule has 2 aromatic carbocycles. The summed E-state index contributed by atoms with van der Waals surface area (Å²) < 4.78 is 0. The number of carbonyl (C=O) groups excluding carboxylic acids is 1. The Kier molecular flexibility index (Phi) is 13.6. The van der Waals surface area contributed by atoms with Crippen LogP contribution in [0.25, 0.3) is 0 Å². The number of likely N-dealkylation sites (tertiary alicyclic amines) is 2. The number of allylic oxidation sites excluding steroid dienone is 1. The summed E-state index contributed by atoms with van der Waals surface area (Å²) in [5, 5.41) is 11.5. The number of aliphatic imine (C=N–C) groups is 1. The fraction of sp³-hybridized carbons (Fsp3) is 0.600. The van der Waals surface area contributed by atoms with E-state index in [0.29, 0.717) is 24.0 Å². The van der Waals surface area contributed by atoms with Crippen molar-refractivity contribution in [3.8, 4) is 0 Å². The fourth-order valence-electron chi connectivity index (χ4n) is 7.96. The van der Waals surface area contributed by atoms with Crippen molar-refractivity contribution in [1.82, 2.24) is 25.8 Å². The average molecular weight is 671 g/mol. The van der Waals surface area contributed by atoms with E-state index in [2.05, 4.69) is 104 Å². The van der Waals surface area contributed by atoms with Gasteiger partial charge in [-0.3, -0.25) is 9.79 Å². The molecule has 0 spiro atoms. The molecule has 1 amide bonds. The number of carbonyl (C=O) groups is 1. The lowest BCUT2D eigenvalue weighted by atomic mass is 10.0. The van der Waals surface area contributed by atoms with Crippen molar-refractivity contribution in [3.63, 3.8) is 0 Å². The highest BCUT2D eigenvalue weighted by Gasteiger charge is 2.37. The van der Waals surface area contributed by atoms with Crippen LogP contribution in [0.5, 0.6) is 0 Å². The second-order valence-corrected chi connectivity index (χ2v) is 15.8. The Morgan fingerprint density at radius 3 is 1.75 bits per heavy atom. The lowest BCUT2D eigenvalue weighted by Crippen LogP contribution is -2.40. The predicted molar refractivity (Wildman–Crippen MR) is 201 cm³/mol. The molecule has 0 aromatic heterocycles.